The molecule has 100 valence electrons. The van der Waals surface area contributed by atoms with Crippen LogP contribution in [-0.4, -0.2) is 19.7 Å². The van der Waals surface area contributed by atoms with E-state index in [4.69, 9.17) is 4.74 Å². The zero-order valence-corrected chi connectivity index (χ0v) is 11.2. The highest BCUT2D eigenvalue weighted by Crippen LogP contribution is 2.29. The zero-order chi connectivity index (χ0) is 13.0. The molecule has 3 heteroatoms. The van der Waals surface area contributed by atoms with Crippen LogP contribution in [0.5, 0.6) is 5.75 Å². The van der Waals surface area contributed by atoms with Crippen LogP contribution in [0, 0.1) is 11.7 Å². The predicted molar refractivity (Wildman–Crippen MR) is 71.6 cm³/mol. The van der Waals surface area contributed by atoms with Crippen LogP contribution < -0.4 is 10.1 Å². The smallest absolute Gasteiger partial charge is 0.127 e. The van der Waals surface area contributed by atoms with Crippen LogP contribution in [0.3, 0.4) is 0 Å². The minimum Gasteiger partial charge on any atom is -0.493 e. The maximum absolute atomic E-state index is 13.6. The molecule has 0 spiro atoms. The summed E-state index contributed by atoms with van der Waals surface area (Å²) in [7, 11) is 0. The van der Waals surface area contributed by atoms with Gasteiger partial charge in [0.15, 0.2) is 0 Å². The summed E-state index contributed by atoms with van der Waals surface area (Å²) in [6.45, 7) is 6.85. The average molecular weight is 251 g/mol. The molecule has 0 atom stereocenters. The van der Waals surface area contributed by atoms with Crippen molar-refractivity contribution in [1.82, 2.24) is 5.32 Å². The van der Waals surface area contributed by atoms with Crippen molar-refractivity contribution in [3.05, 3.63) is 29.6 Å². The predicted octanol–water partition coefficient (Wildman–Crippen LogP) is 3.33. The summed E-state index contributed by atoms with van der Waals surface area (Å²) in [6, 6.07) is 5.13. The number of nitrogens with one attached hydrogen (secondary N) is 1. The molecule has 2 rings (SSSR count). The van der Waals surface area contributed by atoms with Gasteiger partial charge in [-0.3, -0.25) is 0 Å². The summed E-state index contributed by atoms with van der Waals surface area (Å²) in [4.78, 5) is 0. The Labute approximate surface area is 109 Å². The van der Waals surface area contributed by atoms with Crippen molar-refractivity contribution in [1.29, 1.82) is 0 Å². The number of halogens is 1. The quantitative estimate of drug-likeness (QED) is 0.886. The van der Waals surface area contributed by atoms with E-state index < -0.39 is 0 Å². The largest absolute Gasteiger partial charge is 0.493 e. The molecule has 1 N–H and O–H groups in total. The van der Waals surface area contributed by atoms with Gasteiger partial charge < -0.3 is 10.1 Å². The number of benzene rings is 1. The SMILES string of the molecule is CC(C)COc1cc(F)cc(C2CCNCC2)c1. The molecule has 1 aromatic carbocycles. The fraction of sp³-hybridized carbons (Fsp3) is 0.600. The van der Waals surface area contributed by atoms with E-state index in [1.807, 2.05) is 6.07 Å². The summed E-state index contributed by atoms with van der Waals surface area (Å²) in [5.41, 5.74) is 1.08. The van der Waals surface area contributed by atoms with Crippen molar-refractivity contribution in [2.45, 2.75) is 32.6 Å². The number of piperidine rings is 1. The van der Waals surface area contributed by atoms with Gasteiger partial charge in [-0.1, -0.05) is 13.8 Å². The van der Waals surface area contributed by atoms with Crippen LogP contribution in [0.25, 0.3) is 0 Å². The van der Waals surface area contributed by atoms with Crippen molar-refractivity contribution in [3.63, 3.8) is 0 Å². The molecule has 1 aliphatic rings. The van der Waals surface area contributed by atoms with E-state index >= 15 is 0 Å². The van der Waals surface area contributed by atoms with Crippen LogP contribution in [0.2, 0.25) is 0 Å². The Morgan fingerprint density at radius 1 is 1.28 bits per heavy atom. The van der Waals surface area contributed by atoms with Crippen molar-refractivity contribution >= 4 is 0 Å². The standard InChI is InChI=1S/C15H22FNO/c1-11(2)10-18-15-8-13(7-14(16)9-15)12-3-5-17-6-4-12/h7-9,11-12,17H,3-6,10H2,1-2H3. The third kappa shape index (κ3) is 3.70. The lowest BCUT2D eigenvalue weighted by Gasteiger charge is -2.23. The number of ether oxygens (including phenoxy) is 1. The summed E-state index contributed by atoms with van der Waals surface area (Å²) in [5.74, 6) is 1.39. The van der Waals surface area contributed by atoms with Crippen molar-refractivity contribution in [2.75, 3.05) is 19.7 Å². The second-order valence-corrected chi connectivity index (χ2v) is 5.45. The lowest BCUT2D eigenvalue weighted by Crippen LogP contribution is -2.26. The summed E-state index contributed by atoms with van der Waals surface area (Å²) in [5, 5.41) is 3.33. The molecule has 0 saturated carbocycles. The Kier molecular flexibility index (Phi) is 4.59. The fourth-order valence-electron chi connectivity index (χ4n) is 2.32. The normalized spacial score (nSPS) is 17.1. The van der Waals surface area contributed by atoms with Crippen LogP contribution in [-0.2, 0) is 0 Å². The van der Waals surface area contributed by atoms with E-state index in [1.54, 1.807) is 6.07 Å². The maximum Gasteiger partial charge on any atom is 0.127 e. The van der Waals surface area contributed by atoms with Crippen LogP contribution in [0.15, 0.2) is 18.2 Å². The number of hydrogen-bond donors (Lipinski definition) is 1. The van der Waals surface area contributed by atoms with Crippen molar-refractivity contribution < 1.29 is 9.13 Å². The first-order chi connectivity index (χ1) is 8.65. The van der Waals surface area contributed by atoms with E-state index in [0.29, 0.717) is 24.2 Å². The monoisotopic (exact) mass is 251 g/mol. The highest BCUT2D eigenvalue weighted by atomic mass is 19.1. The van der Waals surface area contributed by atoms with E-state index in [1.165, 1.54) is 6.07 Å². The molecule has 0 bridgehead atoms. The molecule has 0 amide bonds. The molecule has 1 aromatic rings. The lowest BCUT2D eigenvalue weighted by atomic mass is 9.90. The molecule has 1 aliphatic heterocycles. The van der Waals surface area contributed by atoms with Gasteiger partial charge in [-0.05, 0) is 55.5 Å². The minimum atomic E-state index is -0.190. The van der Waals surface area contributed by atoms with E-state index in [9.17, 15) is 4.39 Å². The second-order valence-electron chi connectivity index (χ2n) is 5.45. The van der Waals surface area contributed by atoms with Crippen LogP contribution in [0.1, 0.15) is 38.2 Å². The van der Waals surface area contributed by atoms with Crippen molar-refractivity contribution in [2.24, 2.45) is 5.92 Å². The average Bonchev–Trinajstić information content (AvgIpc) is 2.37. The molecule has 1 fully saturated rings. The van der Waals surface area contributed by atoms with Gasteiger partial charge in [0, 0.05) is 6.07 Å². The molecule has 1 saturated heterocycles. The Bertz CT molecular complexity index is 386. The van der Waals surface area contributed by atoms with E-state index in [0.717, 1.165) is 31.5 Å². The highest BCUT2D eigenvalue weighted by molar-refractivity contribution is 5.32. The molecule has 18 heavy (non-hydrogen) atoms. The number of hydrogen-bond acceptors (Lipinski definition) is 2. The summed E-state index contributed by atoms with van der Waals surface area (Å²) in [6.07, 6.45) is 2.15. The summed E-state index contributed by atoms with van der Waals surface area (Å²) >= 11 is 0. The molecule has 2 nitrogen and oxygen atoms in total. The highest BCUT2D eigenvalue weighted by Gasteiger charge is 2.16. The van der Waals surface area contributed by atoms with Gasteiger partial charge in [-0.25, -0.2) is 4.39 Å². The second kappa shape index (κ2) is 6.19. The molecule has 0 aliphatic carbocycles. The Balaban J connectivity index is 2.09. The third-order valence-electron chi connectivity index (χ3n) is 3.29. The number of rotatable bonds is 4. The first-order valence-electron chi connectivity index (χ1n) is 6.79. The Morgan fingerprint density at radius 3 is 2.67 bits per heavy atom. The minimum absolute atomic E-state index is 0.190. The van der Waals surface area contributed by atoms with Gasteiger partial charge in [0.05, 0.1) is 6.61 Å². The van der Waals surface area contributed by atoms with Gasteiger partial charge in [0.1, 0.15) is 11.6 Å². The Morgan fingerprint density at radius 2 is 2.00 bits per heavy atom. The molecule has 0 unspecified atom stereocenters. The van der Waals surface area contributed by atoms with Crippen molar-refractivity contribution in [3.8, 4) is 5.75 Å². The molecule has 1 heterocycles. The van der Waals surface area contributed by atoms with Gasteiger partial charge in [-0.15, -0.1) is 0 Å². The molecular weight excluding hydrogens is 229 g/mol. The Hall–Kier alpha value is -1.09. The molecular formula is C15H22FNO. The van der Waals surface area contributed by atoms with Gasteiger partial charge in [-0.2, -0.15) is 0 Å². The summed E-state index contributed by atoms with van der Waals surface area (Å²) < 4.78 is 19.2. The first-order valence-corrected chi connectivity index (χ1v) is 6.79. The first kappa shape index (κ1) is 13.3. The van der Waals surface area contributed by atoms with Gasteiger partial charge >= 0.3 is 0 Å². The van der Waals surface area contributed by atoms with Crippen LogP contribution in [0.4, 0.5) is 4.39 Å². The topological polar surface area (TPSA) is 21.3 Å². The van der Waals surface area contributed by atoms with E-state index in [2.05, 4.69) is 19.2 Å². The maximum atomic E-state index is 13.6. The van der Waals surface area contributed by atoms with Crippen LogP contribution >= 0.6 is 0 Å². The van der Waals surface area contributed by atoms with Gasteiger partial charge in [0.25, 0.3) is 0 Å². The molecule has 0 aromatic heterocycles. The lowest BCUT2D eigenvalue weighted by molar-refractivity contribution is 0.269. The zero-order valence-electron chi connectivity index (χ0n) is 11.2. The fourth-order valence-corrected chi connectivity index (χ4v) is 2.32. The van der Waals surface area contributed by atoms with Gasteiger partial charge in [0.2, 0.25) is 0 Å². The van der Waals surface area contributed by atoms with E-state index in [-0.39, 0.29) is 5.82 Å². The third-order valence-corrected chi connectivity index (χ3v) is 3.29. The molecule has 0 radical (unpaired) electrons.